The second-order valence-electron chi connectivity index (χ2n) is 9.19. The number of halogens is 4. The molecule has 2 aromatic rings. The maximum atomic E-state index is 14.6. The predicted molar refractivity (Wildman–Crippen MR) is 126 cm³/mol. The first-order chi connectivity index (χ1) is 17.0. The molecule has 2 aromatic carbocycles. The topological polar surface area (TPSA) is 102 Å². The molecule has 10 heteroatoms. The molecule has 0 unspecified atom stereocenters. The van der Waals surface area contributed by atoms with Crippen molar-refractivity contribution >= 4 is 29.4 Å². The fourth-order valence-corrected chi connectivity index (χ4v) is 4.62. The average molecular weight is 503 g/mol. The zero-order chi connectivity index (χ0) is 26.1. The highest BCUT2D eigenvalue weighted by molar-refractivity contribution is 6.12. The van der Waals surface area contributed by atoms with Gasteiger partial charge in [0.2, 0.25) is 5.91 Å². The van der Waals surface area contributed by atoms with Crippen molar-refractivity contribution < 1.29 is 32.3 Å². The van der Waals surface area contributed by atoms with Crippen LogP contribution in [0.5, 0.6) is 0 Å². The van der Waals surface area contributed by atoms with E-state index in [1.54, 1.807) is 6.20 Å². The van der Waals surface area contributed by atoms with Crippen LogP contribution in [0.25, 0.3) is 5.57 Å². The second-order valence-corrected chi connectivity index (χ2v) is 9.19. The second kappa shape index (κ2) is 9.75. The summed E-state index contributed by atoms with van der Waals surface area (Å²) >= 11 is 0. The SMILES string of the molecule is N=C/C(=C\NC1CCCC1)c1ccc(NC(=O)C2(c3ccc(C(F)(F)F)cc3F)CC2)cc1C(=O)O. The molecule has 36 heavy (non-hydrogen) atoms. The molecule has 0 aliphatic heterocycles. The quantitative estimate of drug-likeness (QED) is 0.273. The number of carboxylic acids is 1. The molecule has 1 amide bonds. The number of carboxylic acid groups (broad SMARTS) is 1. The molecule has 2 saturated carbocycles. The van der Waals surface area contributed by atoms with Crippen molar-refractivity contribution in [1.29, 1.82) is 5.41 Å². The normalized spacial score (nSPS) is 17.5. The Morgan fingerprint density at radius 1 is 1.06 bits per heavy atom. The van der Waals surface area contributed by atoms with E-state index >= 15 is 0 Å². The van der Waals surface area contributed by atoms with Gasteiger partial charge in [-0.1, -0.05) is 25.0 Å². The van der Waals surface area contributed by atoms with E-state index in [0.717, 1.165) is 44.0 Å². The molecule has 0 bridgehead atoms. The van der Waals surface area contributed by atoms with E-state index in [4.69, 9.17) is 5.41 Å². The molecule has 0 radical (unpaired) electrons. The van der Waals surface area contributed by atoms with Crippen LogP contribution in [0.2, 0.25) is 0 Å². The van der Waals surface area contributed by atoms with Gasteiger partial charge in [-0.15, -0.1) is 0 Å². The van der Waals surface area contributed by atoms with Crippen LogP contribution in [-0.4, -0.2) is 29.2 Å². The van der Waals surface area contributed by atoms with Gasteiger partial charge in [0.25, 0.3) is 0 Å². The number of nitrogens with one attached hydrogen (secondary N) is 3. The van der Waals surface area contributed by atoms with Gasteiger partial charge < -0.3 is 21.1 Å². The fourth-order valence-electron chi connectivity index (χ4n) is 4.62. The lowest BCUT2D eigenvalue weighted by Gasteiger charge is -2.18. The molecule has 2 aliphatic rings. The Morgan fingerprint density at radius 3 is 2.31 bits per heavy atom. The highest BCUT2D eigenvalue weighted by atomic mass is 19.4. The molecule has 0 saturated heterocycles. The lowest BCUT2D eigenvalue weighted by atomic mass is 9.93. The minimum Gasteiger partial charge on any atom is -0.478 e. The van der Waals surface area contributed by atoms with Crippen LogP contribution in [0.15, 0.2) is 42.6 Å². The lowest BCUT2D eigenvalue weighted by molar-refractivity contribution is -0.137. The highest BCUT2D eigenvalue weighted by Crippen LogP contribution is 2.50. The van der Waals surface area contributed by atoms with Gasteiger partial charge in [0.05, 0.1) is 16.5 Å². The summed E-state index contributed by atoms with van der Waals surface area (Å²) in [4.78, 5) is 25.0. The molecule has 4 rings (SSSR count). The maximum absolute atomic E-state index is 14.6. The summed E-state index contributed by atoms with van der Waals surface area (Å²) in [6.45, 7) is 0. The minimum atomic E-state index is -4.70. The summed E-state index contributed by atoms with van der Waals surface area (Å²) in [5, 5.41) is 23.3. The number of hydrogen-bond acceptors (Lipinski definition) is 4. The number of rotatable bonds is 8. The van der Waals surface area contributed by atoms with Gasteiger partial charge in [-0.25, -0.2) is 9.18 Å². The molecule has 2 fully saturated rings. The van der Waals surface area contributed by atoms with E-state index in [1.165, 1.54) is 18.2 Å². The number of allylic oxidation sites excluding steroid dienone is 1. The van der Waals surface area contributed by atoms with Gasteiger partial charge in [-0.2, -0.15) is 13.2 Å². The third-order valence-corrected chi connectivity index (χ3v) is 6.80. The molecule has 0 aromatic heterocycles. The number of alkyl halides is 3. The summed E-state index contributed by atoms with van der Waals surface area (Å²) in [5.74, 6) is -3.00. The first kappa shape index (κ1) is 25.4. The summed E-state index contributed by atoms with van der Waals surface area (Å²) < 4.78 is 53.2. The van der Waals surface area contributed by atoms with E-state index < -0.39 is 34.8 Å². The first-order valence-electron chi connectivity index (χ1n) is 11.6. The fraction of sp³-hybridized carbons (Fsp3) is 0.346. The van der Waals surface area contributed by atoms with Crippen molar-refractivity contribution in [2.45, 2.75) is 56.2 Å². The number of amides is 1. The molecular weight excluding hydrogens is 478 g/mol. The third-order valence-electron chi connectivity index (χ3n) is 6.80. The summed E-state index contributed by atoms with van der Waals surface area (Å²) in [5.41, 5.74) is -1.93. The summed E-state index contributed by atoms with van der Waals surface area (Å²) in [6.07, 6.45) is 2.68. The summed E-state index contributed by atoms with van der Waals surface area (Å²) in [7, 11) is 0. The number of hydrogen-bond donors (Lipinski definition) is 4. The molecule has 6 nitrogen and oxygen atoms in total. The Kier molecular flexibility index (Phi) is 6.88. The van der Waals surface area contributed by atoms with Crippen LogP contribution < -0.4 is 10.6 Å². The zero-order valence-electron chi connectivity index (χ0n) is 19.2. The molecule has 0 spiro atoms. The van der Waals surface area contributed by atoms with Crippen LogP contribution in [0.1, 0.15) is 65.6 Å². The first-order valence-corrected chi connectivity index (χ1v) is 11.6. The lowest BCUT2D eigenvalue weighted by Crippen LogP contribution is -2.29. The molecule has 0 heterocycles. The summed E-state index contributed by atoms with van der Waals surface area (Å²) in [6, 6.07) is 6.58. The van der Waals surface area contributed by atoms with Crippen molar-refractivity contribution in [2.24, 2.45) is 0 Å². The Morgan fingerprint density at radius 2 is 1.75 bits per heavy atom. The van der Waals surface area contributed by atoms with Gasteiger partial charge in [-0.3, -0.25) is 4.79 Å². The Labute approximate surface area is 204 Å². The van der Waals surface area contributed by atoms with Gasteiger partial charge in [0.1, 0.15) is 5.82 Å². The van der Waals surface area contributed by atoms with Crippen molar-refractivity contribution in [3.8, 4) is 0 Å². The highest BCUT2D eigenvalue weighted by Gasteiger charge is 2.53. The predicted octanol–water partition coefficient (Wildman–Crippen LogP) is 5.74. The van der Waals surface area contributed by atoms with E-state index in [-0.39, 0.29) is 41.3 Å². The van der Waals surface area contributed by atoms with E-state index in [9.17, 15) is 32.3 Å². The smallest absolute Gasteiger partial charge is 0.416 e. The van der Waals surface area contributed by atoms with E-state index in [1.807, 2.05) is 0 Å². The number of carbonyl (C=O) groups excluding carboxylic acids is 1. The number of aromatic carboxylic acids is 1. The Balaban J connectivity index is 1.57. The van der Waals surface area contributed by atoms with Crippen LogP contribution in [0.4, 0.5) is 23.2 Å². The van der Waals surface area contributed by atoms with Crippen LogP contribution in [0, 0.1) is 11.2 Å². The van der Waals surface area contributed by atoms with Gasteiger partial charge in [0.15, 0.2) is 0 Å². The van der Waals surface area contributed by atoms with Crippen molar-refractivity contribution in [2.75, 3.05) is 5.32 Å². The molecule has 2 aliphatic carbocycles. The molecule has 0 atom stereocenters. The van der Waals surface area contributed by atoms with Gasteiger partial charge >= 0.3 is 12.1 Å². The molecular formula is C26H25F4N3O3. The average Bonchev–Trinajstić information content (AvgIpc) is 3.47. The van der Waals surface area contributed by atoms with Crippen LogP contribution >= 0.6 is 0 Å². The Hall–Kier alpha value is -3.69. The number of carbonyl (C=O) groups is 2. The van der Waals surface area contributed by atoms with Crippen LogP contribution in [-0.2, 0) is 16.4 Å². The maximum Gasteiger partial charge on any atom is 0.416 e. The van der Waals surface area contributed by atoms with Gasteiger partial charge in [0, 0.05) is 35.3 Å². The van der Waals surface area contributed by atoms with E-state index in [2.05, 4.69) is 10.6 Å². The molecule has 4 N–H and O–H groups in total. The third kappa shape index (κ3) is 5.12. The molecule has 190 valence electrons. The Bertz CT molecular complexity index is 1230. The van der Waals surface area contributed by atoms with Crippen molar-refractivity contribution in [3.05, 3.63) is 70.7 Å². The van der Waals surface area contributed by atoms with Crippen molar-refractivity contribution in [3.63, 3.8) is 0 Å². The minimum absolute atomic E-state index is 0.130. The number of anilines is 1. The number of benzene rings is 2. The monoisotopic (exact) mass is 503 g/mol. The standard InChI is InChI=1S/C26H25F4N3O3/c27-22-11-16(26(28,29)30)5-8-21(22)25(9-10-25)24(36)33-18-6-7-19(20(12-18)23(34)35)15(13-31)14-32-17-3-1-2-4-17/h5-8,11-14,17,31-32H,1-4,9-10H2,(H,33,36)(H,34,35)/b15-14+,31-13?. The van der Waals surface area contributed by atoms with E-state index in [0.29, 0.717) is 11.6 Å². The largest absolute Gasteiger partial charge is 0.478 e. The van der Waals surface area contributed by atoms with Crippen molar-refractivity contribution in [1.82, 2.24) is 5.32 Å². The zero-order valence-corrected chi connectivity index (χ0v) is 19.2. The van der Waals surface area contributed by atoms with Crippen LogP contribution in [0.3, 0.4) is 0 Å². The van der Waals surface area contributed by atoms with Gasteiger partial charge in [-0.05, 0) is 55.5 Å².